The zero-order valence-corrected chi connectivity index (χ0v) is 17.3. The van der Waals surface area contributed by atoms with Crippen LogP contribution in [0.15, 0.2) is 53.4 Å². The summed E-state index contributed by atoms with van der Waals surface area (Å²) in [5.74, 6) is -5.17. The van der Waals surface area contributed by atoms with Gasteiger partial charge < -0.3 is 5.11 Å². The van der Waals surface area contributed by atoms with E-state index in [2.05, 4.69) is 0 Å². The largest absolute Gasteiger partial charge is 0.507 e. The van der Waals surface area contributed by atoms with E-state index in [4.69, 9.17) is 0 Å². The molecule has 31 heavy (non-hydrogen) atoms. The Morgan fingerprint density at radius 1 is 0.935 bits per heavy atom. The molecule has 2 heterocycles. The van der Waals surface area contributed by atoms with E-state index in [0.717, 1.165) is 28.7 Å². The molecule has 1 aromatic heterocycles. The molecule has 8 heteroatoms. The third-order valence-electron chi connectivity index (χ3n) is 5.21. The van der Waals surface area contributed by atoms with Gasteiger partial charge in [0.15, 0.2) is 11.6 Å². The number of rotatable bonds is 3. The Morgan fingerprint density at radius 2 is 1.65 bits per heavy atom. The zero-order chi connectivity index (χ0) is 22.4. The molecule has 0 spiro atoms. The number of hydrogen-bond donors (Lipinski definition) is 1. The van der Waals surface area contributed by atoms with Gasteiger partial charge in [0.2, 0.25) is 0 Å². The van der Waals surface area contributed by atoms with Gasteiger partial charge in [0, 0.05) is 22.2 Å². The van der Waals surface area contributed by atoms with Crippen LogP contribution >= 0.6 is 11.3 Å². The molecule has 1 aliphatic heterocycles. The van der Waals surface area contributed by atoms with Crippen molar-refractivity contribution in [3.05, 3.63) is 92.4 Å². The van der Waals surface area contributed by atoms with Gasteiger partial charge in [0.25, 0.3) is 11.7 Å². The summed E-state index contributed by atoms with van der Waals surface area (Å²) < 4.78 is 41.1. The highest BCUT2D eigenvalue weighted by atomic mass is 32.1. The average molecular weight is 443 g/mol. The van der Waals surface area contributed by atoms with Crippen LogP contribution in [0.5, 0.6) is 0 Å². The summed E-state index contributed by atoms with van der Waals surface area (Å²) in [5.41, 5.74) is 0.953. The maximum absolute atomic E-state index is 13.9. The molecule has 4 nitrogen and oxygen atoms in total. The summed E-state index contributed by atoms with van der Waals surface area (Å²) in [6.07, 6.45) is 0. The zero-order valence-electron chi connectivity index (χ0n) is 16.4. The van der Waals surface area contributed by atoms with Crippen LogP contribution in [0, 0.1) is 31.3 Å². The van der Waals surface area contributed by atoms with E-state index in [-0.39, 0.29) is 22.4 Å². The van der Waals surface area contributed by atoms with Crippen LogP contribution < -0.4 is 4.90 Å². The minimum absolute atomic E-state index is 0.0202. The number of aliphatic hydroxyl groups is 1. The number of aryl methyl sites for hydroxylation is 2. The Bertz CT molecular complexity index is 1260. The Kier molecular flexibility index (Phi) is 5.18. The first kappa shape index (κ1) is 20.9. The number of carbonyl (C=O) groups excluding carboxylic acids is 2. The lowest BCUT2D eigenvalue weighted by Gasteiger charge is -2.25. The molecule has 1 saturated heterocycles. The molecule has 1 unspecified atom stereocenters. The molecule has 1 aliphatic rings. The molecule has 0 aliphatic carbocycles. The van der Waals surface area contributed by atoms with Crippen molar-refractivity contribution in [2.75, 3.05) is 4.90 Å². The van der Waals surface area contributed by atoms with Crippen LogP contribution in [0.2, 0.25) is 0 Å². The van der Waals surface area contributed by atoms with Crippen LogP contribution in [0.3, 0.4) is 0 Å². The summed E-state index contributed by atoms with van der Waals surface area (Å²) in [6.45, 7) is 3.28. The van der Waals surface area contributed by atoms with Crippen LogP contribution in [0.4, 0.5) is 18.9 Å². The fourth-order valence-electron chi connectivity index (χ4n) is 3.59. The molecule has 158 valence electrons. The highest BCUT2D eigenvalue weighted by Crippen LogP contribution is 2.45. The highest BCUT2D eigenvalue weighted by molar-refractivity contribution is 7.10. The van der Waals surface area contributed by atoms with Crippen molar-refractivity contribution in [2.45, 2.75) is 19.9 Å². The Labute approximate surface area is 179 Å². The predicted molar refractivity (Wildman–Crippen MR) is 111 cm³/mol. The predicted octanol–water partition coefficient (Wildman–Crippen LogP) is 5.41. The first-order chi connectivity index (χ1) is 14.7. The van der Waals surface area contributed by atoms with Gasteiger partial charge in [-0.3, -0.25) is 14.5 Å². The van der Waals surface area contributed by atoms with Crippen molar-refractivity contribution in [2.24, 2.45) is 0 Å². The molecule has 4 rings (SSSR count). The minimum atomic E-state index is -1.17. The molecule has 0 saturated carbocycles. The van der Waals surface area contributed by atoms with Crippen LogP contribution in [-0.4, -0.2) is 16.8 Å². The van der Waals surface area contributed by atoms with Crippen molar-refractivity contribution in [1.82, 2.24) is 0 Å². The fraction of sp³-hybridized carbons (Fsp3) is 0.130. The minimum Gasteiger partial charge on any atom is -0.507 e. The van der Waals surface area contributed by atoms with E-state index < -0.39 is 40.9 Å². The lowest BCUT2D eigenvalue weighted by molar-refractivity contribution is -0.132. The van der Waals surface area contributed by atoms with E-state index in [1.165, 1.54) is 36.5 Å². The number of carbonyl (C=O) groups is 2. The van der Waals surface area contributed by atoms with Crippen molar-refractivity contribution in [3.8, 4) is 0 Å². The third-order valence-corrected chi connectivity index (χ3v) is 6.28. The van der Waals surface area contributed by atoms with Crippen molar-refractivity contribution >= 4 is 34.5 Å². The molecule has 1 amide bonds. The average Bonchev–Trinajstić information content (AvgIpc) is 3.26. The van der Waals surface area contributed by atoms with Gasteiger partial charge in [0.1, 0.15) is 17.6 Å². The Morgan fingerprint density at radius 3 is 2.26 bits per heavy atom. The van der Waals surface area contributed by atoms with Crippen molar-refractivity contribution < 1.29 is 27.9 Å². The maximum Gasteiger partial charge on any atom is 0.300 e. The molecule has 1 atom stereocenters. The van der Waals surface area contributed by atoms with Gasteiger partial charge in [-0.05, 0) is 66.8 Å². The lowest BCUT2D eigenvalue weighted by atomic mass is 9.97. The second-order valence-electron chi connectivity index (χ2n) is 7.20. The summed E-state index contributed by atoms with van der Waals surface area (Å²) in [5, 5.41) is 12.7. The van der Waals surface area contributed by atoms with Crippen molar-refractivity contribution in [1.29, 1.82) is 0 Å². The van der Waals surface area contributed by atoms with Crippen LogP contribution in [-0.2, 0) is 9.59 Å². The van der Waals surface area contributed by atoms with Crippen LogP contribution in [0.25, 0.3) is 5.76 Å². The number of thiophene rings is 1. The van der Waals surface area contributed by atoms with Crippen LogP contribution in [0.1, 0.15) is 27.6 Å². The molecular formula is C23H16F3NO3S. The SMILES string of the molecule is Cc1cc(/C(O)=C2/C(=O)C(=O)N(c3ccc(F)c(F)c3)C2c2sccc2C)ccc1F. The van der Waals surface area contributed by atoms with E-state index in [1.807, 2.05) is 0 Å². The van der Waals surface area contributed by atoms with Gasteiger partial charge >= 0.3 is 0 Å². The second-order valence-corrected chi connectivity index (χ2v) is 8.15. The number of ketones is 1. The van der Waals surface area contributed by atoms with Gasteiger partial charge in [-0.2, -0.15) is 0 Å². The number of halogens is 3. The smallest absolute Gasteiger partial charge is 0.300 e. The van der Waals surface area contributed by atoms with E-state index in [9.17, 15) is 27.9 Å². The molecule has 3 aromatic rings. The summed E-state index contributed by atoms with van der Waals surface area (Å²) in [7, 11) is 0. The molecule has 2 aromatic carbocycles. The summed E-state index contributed by atoms with van der Waals surface area (Å²) in [4.78, 5) is 27.6. The molecule has 1 N–H and O–H groups in total. The van der Waals surface area contributed by atoms with E-state index >= 15 is 0 Å². The normalized spacial score (nSPS) is 18.1. The number of hydrogen-bond acceptors (Lipinski definition) is 4. The van der Waals surface area contributed by atoms with Crippen molar-refractivity contribution in [3.63, 3.8) is 0 Å². The standard InChI is InChI=1S/C23H16F3NO3S/c1-11-7-8-31-22(11)19-18(20(28)13-3-5-15(24)12(2)9-13)21(29)23(30)27(19)14-4-6-16(25)17(26)10-14/h3-10,19,28H,1-2H3/b20-18-. The fourth-order valence-corrected chi connectivity index (χ4v) is 4.62. The monoisotopic (exact) mass is 443 g/mol. The first-order valence-corrected chi connectivity index (χ1v) is 10.1. The number of amides is 1. The van der Waals surface area contributed by atoms with E-state index in [1.54, 1.807) is 18.4 Å². The third kappa shape index (κ3) is 3.42. The maximum atomic E-state index is 13.9. The van der Waals surface area contributed by atoms with E-state index in [0.29, 0.717) is 4.88 Å². The topological polar surface area (TPSA) is 57.6 Å². The summed E-state index contributed by atoms with van der Waals surface area (Å²) in [6, 6.07) is 7.46. The van der Waals surface area contributed by atoms with Gasteiger partial charge in [0.05, 0.1) is 5.57 Å². The highest BCUT2D eigenvalue weighted by Gasteiger charge is 2.48. The number of Topliss-reactive ketones (excluding diaryl/α,β-unsaturated/α-hetero) is 1. The van der Waals surface area contributed by atoms with Gasteiger partial charge in [-0.15, -0.1) is 11.3 Å². The second kappa shape index (κ2) is 7.70. The molecule has 0 bridgehead atoms. The Hall–Kier alpha value is -3.39. The quantitative estimate of drug-likeness (QED) is 0.335. The van der Waals surface area contributed by atoms with Gasteiger partial charge in [-0.1, -0.05) is 0 Å². The Balaban J connectivity index is 1.96. The number of anilines is 1. The molecule has 0 radical (unpaired) electrons. The number of benzene rings is 2. The lowest BCUT2D eigenvalue weighted by Crippen LogP contribution is -2.29. The molecule has 1 fully saturated rings. The summed E-state index contributed by atoms with van der Waals surface area (Å²) >= 11 is 1.26. The first-order valence-electron chi connectivity index (χ1n) is 9.27. The van der Waals surface area contributed by atoms with Gasteiger partial charge in [-0.25, -0.2) is 13.2 Å². The number of aliphatic hydroxyl groups excluding tert-OH is 1. The molecular weight excluding hydrogens is 427 g/mol. The number of nitrogens with zero attached hydrogens (tertiary/aromatic N) is 1.